The monoisotopic (exact) mass is 264 g/mol. The number of rotatable bonds is 4. The normalized spacial score (nSPS) is 10.6. The molecular formula is C11H12N4O2S. The van der Waals surface area contributed by atoms with Crippen LogP contribution in [0.3, 0.4) is 0 Å². The molecule has 0 saturated heterocycles. The van der Waals surface area contributed by atoms with Crippen molar-refractivity contribution in [2.45, 2.75) is 30.3 Å². The minimum Gasteiger partial charge on any atom is -0.265 e. The van der Waals surface area contributed by atoms with Gasteiger partial charge in [0.1, 0.15) is 5.69 Å². The van der Waals surface area contributed by atoms with E-state index in [0.29, 0.717) is 17.3 Å². The molecule has 0 aromatic carbocycles. The molecule has 0 N–H and O–H groups in total. The third-order valence-corrected chi connectivity index (χ3v) is 3.50. The Bertz CT molecular complexity index is 568. The highest BCUT2D eigenvalue weighted by molar-refractivity contribution is 7.99. The van der Waals surface area contributed by atoms with Crippen molar-refractivity contribution in [1.29, 1.82) is 0 Å². The standard InChI is InChI=1S/C11H12N4O2S/c1-3-14-11(10(15(16)17)8(2)13-14)18-9-4-6-12-7-5-9/h4-7H,3H2,1-2H3. The van der Waals surface area contributed by atoms with Gasteiger partial charge in [-0.15, -0.1) is 0 Å². The van der Waals surface area contributed by atoms with Gasteiger partial charge in [0.05, 0.1) is 4.92 Å². The lowest BCUT2D eigenvalue weighted by Gasteiger charge is -2.03. The molecule has 0 bridgehead atoms. The van der Waals surface area contributed by atoms with Crippen molar-refractivity contribution in [2.24, 2.45) is 0 Å². The summed E-state index contributed by atoms with van der Waals surface area (Å²) in [5.74, 6) is 0. The molecule has 0 aliphatic carbocycles. The van der Waals surface area contributed by atoms with Crippen LogP contribution in [0.4, 0.5) is 5.69 Å². The summed E-state index contributed by atoms with van der Waals surface area (Å²) in [7, 11) is 0. The van der Waals surface area contributed by atoms with Crippen LogP contribution in [-0.4, -0.2) is 19.7 Å². The lowest BCUT2D eigenvalue weighted by Crippen LogP contribution is -1.99. The molecular weight excluding hydrogens is 252 g/mol. The van der Waals surface area contributed by atoms with Gasteiger partial charge < -0.3 is 0 Å². The molecule has 0 amide bonds. The van der Waals surface area contributed by atoms with Crippen LogP contribution in [-0.2, 0) is 6.54 Å². The smallest absolute Gasteiger partial charge is 0.265 e. The van der Waals surface area contributed by atoms with Crippen molar-refractivity contribution in [2.75, 3.05) is 0 Å². The number of pyridine rings is 1. The summed E-state index contributed by atoms with van der Waals surface area (Å²) in [5.41, 5.74) is 0.525. The zero-order valence-corrected chi connectivity index (χ0v) is 10.8. The molecule has 2 rings (SSSR count). The van der Waals surface area contributed by atoms with Crippen molar-refractivity contribution >= 4 is 17.4 Å². The fourth-order valence-corrected chi connectivity index (χ4v) is 2.67. The van der Waals surface area contributed by atoms with Crippen LogP contribution < -0.4 is 0 Å². The van der Waals surface area contributed by atoms with Crippen molar-refractivity contribution in [3.05, 3.63) is 40.3 Å². The average Bonchev–Trinajstić information content (AvgIpc) is 2.67. The summed E-state index contributed by atoms with van der Waals surface area (Å²) >= 11 is 1.33. The Morgan fingerprint density at radius 2 is 2.11 bits per heavy atom. The van der Waals surface area contributed by atoms with E-state index >= 15 is 0 Å². The van der Waals surface area contributed by atoms with Crippen LogP contribution in [0.25, 0.3) is 0 Å². The second kappa shape index (κ2) is 5.18. The van der Waals surface area contributed by atoms with Gasteiger partial charge in [-0.2, -0.15) is 5.10 Å². The van der Waals surface area contributed by atoms with Gasteiger partial charge in [-0.05, 0) is 26.0 Å². The van der Waals surface area contributed by atoms with Gasteiger partial charge in [0.2, 0.25) is 0 Å². The van der Waals surface area contributed by atoms with E-state index in [2.05, 4.69) is 10.1 Å². The molecule has 0 unspecified atom stereocenters. The number of hydrogen-bond donors (Lipinski definition) is 0. The predicted octanol–water partition coefficient (Wildman–Crippen LogP) is 2.67. The van der Waals surface area contributed by atoms with Crippen LogP contribution in [0.1, 0.15) is 12.6 Å². The first kappa shape index (κ1) is 12.6. The molecule has 18 heavy (non-hydrogen) atoms. The van der Waals surface area contributed by atoms with E-state index in [9.17, 15) is 10.1 Å². The van der Waals surface area contributed by atoms with Crippen LogP contribution in [0.5, 0.6) is 0 Å². The Morgan fingerprint density at radius 1 is 1.44 bits per heavy atom. The first-order valence-corrected chi connectivity index (χ1v) is 6.24. The number of aromatic nitrogens is 3. The molecule has 7 heteroatoms. The highest BCUT2D eigenvalue weighted by Crippen LogP contribution is 2.36. The minimum atomic E-state index is -0.377. The molecule has 2 aromatic rings. The topological polar surface area (TPSA) is 73.8 Å². The second-order valence-corrected chi connectivity index (χ2v) is 4.66. The van der Waals surface area contributed by atoms with Crippen LogP contribution in [0.2, 0.25) is 0 Å². The van der Waals surface area contributed by atoms with Gasteiger partial charge in [-0.3, -0.25) is 19.8 Å². The van der Waals surface area contributed by atoms with Gasteiger partial charge >= 0.3 is 5.69 Å². The van der Waals surface area contributed by atoms with E-state index < -0.39 is 0 Å². The van der Waals surface area contributed by atoms with E-state index in [4.69, 9.17) is 0 Å². The van der Waals surface area contributed by atoms with Crippen molar-refractivity contribution in [3.8, 4) is 0 Å². The van der Waals surface area contributed by atoms with E-state index in [1.807, 2.05) is 19.1 Å². The number of nitro groups is 1. The molecule has 0 fully saturated rings. The van der Waals surface area contributed by atoms with Gasteiger partial charge in [0.15, 0.2) is 5.03 Å². The maximum atomic E-state index is 11.1. The molecule has 0 aliphatic heterocycles. The maximum Gasteiger partial charge on any atom is 0.324 e. The lowest BCUT2D eigenvalue weighted by molar-refractivity contribution is -0.388. The van der Waals surface area contributed by atoms with Crippen molar-refractivity contribution in [1.82, 2.24) is 14.8 Å². The third-order valence-electron chi connectivity index (χ3n) is 2.40. The quantitative estimate of drug-likeness (QED) is 0.627. The molecule has 0 aliphatic rings. The molecule has 94 valence electrons. The molecule has 0 spiro atoms. The maximum absolute atomic E-state index is 11.1. The lowest BCUT2D eigenvalue weighted by atomic mass is 10.4. The number of nitrogens with zero attached hydrogens (tertiary/aromatic N) is 4. The van der Waals surface area contributed by atoms with Crippen LogP contribution >= 0.6 is 11.8 Å². The first-order valence-electron chi connectivity index (χ1n) is 5.43. The Kier molecular flexibility index (Phi) is 3.61. The van der Waals surface area contributed by atoms with E-state index in [-0.39, 0.29) is 10.6 Å². The Labute approximate surface area is 108 Å². The molecule has 0 atom stereocenters. The zero-order valence-electron chi connectivity index (χ0n) is 10.0. The second-order valence-electron chi connectivity index (χ2n) is 3.60. The molecule has 0 saturated carbocycles. The van der Waals surface area contributed by atoms with Gasteiger partial charge in [-0.25, -0.2) is 0 Å². The van der Waals surface area contributed by atoms with Crippen molar-refractivity contribution in [3.63, 3.8) is 0 Å². The van der Waals surface area contributed by atoms with Crippen LogP contribution in [0.15, 0.2) is 34.4 Å². The fourth-order valence-electron chi connectivity index (χ4n) is 1.59. The zero-order chi connectivity index (χ0) is 13.1. The first-order chi connectivity index (χ1) is 8.63. The Balaban J connectivity index is 2.45. The fraction of sp³-hybridized carbons (Fsp3) is 0.273. The molecule has 2 heterocycles. The van der Waals surface area contributed by atoms with Gasteiger partial charge in [-0.1, -0.05) is 11.8 Å². The minimum absolute atomic E-state index is 0.0821. The van der Waals surface area contributed by atoms with E-state index in [1.165, 1.54) is 11.8 Å². The number of hydrogen-bond acceptors (Lipinski definition) is 5. The average molecular weight is 264 g/mol. The van der Waals surface area contributed by atoms with Gasteiger partial charge in [0.25, 0.3) is 0 Å². The summed E-state index contributed by atoms with van der Waals surface area (Å²) in [6, 6.07) is 3.63. The predicted molar refractivity (Wildman–Crippen MR) is 67.7 cm³/mol. The molecule has 0 radical (unpaired) electrons. The largest absolute Gasteiger partial charge is 0.324 e. The third kappa shape index (κ3) is 2.35. The Morgan fingerprint density at radius 3 is 2.67 bits per heavy atom. The molecule has 2 aromatic heterocycles. The van der Waals surface area contributed by atoms with E-state index in [1.54, 1.807) is 24.0 Å². The SMILES string of the molecule is CCn1nc(C)c([N+](=O)[O-])c1Sc1ccncc1. The summed E-state index contributed by atoms with van der Waals surface area (Å²) < 4.78 is 1.65. The highest BCUT2D eigenvalue weighted by atomic mass is 32.2. The summed E-state index contributed by atoms with van der Waals surface area (Å²) in [5, 5.41) is 15.8. The van der Waals surface area contributed by atoms with Crippen molar-refractivity contribution < 1.29 is 4.92 Å². The Hall–Kier alpha value is -1.89. The van der Waals surface area contributed by atoms with Gasteiger partial charge in [0, 0.05) is 23.8 Å². The van der Waals surface area contributed by atoms with Crippen LogP contribution in [0, 0.1) is 17.0 Å². The van der Waals surface area contributed by atoms with E-state index in [0.717, 1.165) is 4.90 Å². The highest BCUT2D eigenvalue weighted by Gasteiger charge is 2.25. The molecule has 6 nitrogen and oxygen atoms in total. The number of aryl methyl sites for hydroxylation is 2. The summed E-state index contributed by atoms with van der Waals surface area (Å²) in [4.78, 5) is 15.5. The summed E-state index contributed by atoms with van der Waals surface area (Å²) in [6.45, 7) is 4.16. The summed E-state index contributed by atoms with van der Waals surface area (Å²) in [6.07, 6.45) is 3.32.